The van der Waals surface area contributed by atoms with Gasteiger partial charge in [0.1, 0.15) is 6.54 Å². The summed E-state index contributed by atoms with van der Waals surface area (Å²) in [5.74, 6) is 0.548. The number of carbonyl (C=O) groups is 1. The SMILES string of the molecule is COCCNC(=NCC(=O)N(C)C)NCCc1cccc(Cl)c1. The maximum Gasteiger partial charge on any atom is 0.243 e. The number of nitrogens with zero attached hydrogens (tertiary/aromatic N) is 2. The van der Waals surface area contributed by atoms with Crippen molar-refractivity contribution in [3.8, 4) is 0 Å². The van der Waals surface area contributed by atoms with Crippen molar-refractivity contribution < 1.29 is 9.53 Å². The molecule has 1 aromatic rings. The topological polar surface area (TPSA) is 66.0 Å². The Labute approximate surface area is 142 Å². The molecule has 0 aliphatic carbocycles. The third-order valence-corrected chi connectivity index (χ3v) is 3.30. The van der Waals surface area contributed by atoms with Crippen molar-refractivity contribution >= 4 is 23.5 Å². The highest BCUT2D eigenvalue weighted by Crippen LogP contribution is 2.10. The third-order valence-electron chi connectivity index (χ3n) is 3.07. The predicted molar refractivity (Wildman–Crippen MR) is 94.0 cm³/mol. The fraction of sp³-hybridized carbons (Fsp3) is 0.500. The van der Waals surface area contributed by atoms with Crippen molar-refractivity contribution in [2.24, 2.45) is 4.99 Å². The van der Waals surface area contributed by atoms with E-state index < -0.39 is 0 Å². The molecule has 128 valence electrons. The highest BCUT2D eigenvalue weighted by molar-refractivity contribution is 6.30. The van der Waals surface area contributed by atoms with E-state index in [9.17, 15) is 4.79 Å². The lowest BCUT2D eigenvalue weighted by molar-refractivity contribution is -0.127. The zero-order valence-corrected chi connectivity index (χ0v) is 14.7. The normalized spacial score (nSPS) is 11.2. The largest absolute Gasteiger partial charge is 0.383 e. The van der Waals surface area contributed by atoms with E-state index in [4.69, 9.17) is 16.3 Å². The number of methoxy groups -OCH3 is 1. The average molecular weight is 341 g/mol. The predicted octanol–water partition coefficient (Wildman–Crippen LogP) is 1.15. The van der Waals surface area contributed by atoms with E-state index in [0.29, 0.717) is 25.7 Å². The molecule has 7 heteroatoms. The lowest BCUT2D eigenvalue weighted by Gasteiger charge is -2.13. The summed E-state index contributed by atoms with van der Waals surface area (Å²) in [6.45, 7) is 1.98. The Morgan fingerprint density at radius 1 is 1.30 bits per heavy atom. The second-order valence-corrected chi connectivity index (χ2v) is 5.62. The van der Waals surface area contributed by atoms with Crippen molar-refractivity contribution in [1.82, 2.24) is 15.5 Å². The van der Waals surface area contributed by atoms with Gasteiger partial charge in [0.2, 0.25) is 5.91 Å². The molecule has 0 aromatic heterocycles. The minimum absolute atomic E-state index is 0.0484. The smallest absolute Gasteiger partial charge is 0.243 e. The number of hydrogen-bond donors (Lipinski definition) is 2. The highest BCUT2D eigenvalue weighted by Gasteiger charge is 2.04. The van der Waals surface area contributed by atoms with Crippen LogP contribution < -0.4 is 10.6 Å². The first kappa shape index (κ1) is 19.3. The van der Waals surface area contributed by atoms with E-state index in [1.165, 1.54) is 4.90 Å². The molecule has 0 aliphatic rings. The van der Waals surface area contributed by atoms with E-state index in [2.05, 4.69) is 15.6 Å². The summed E-state index contributed by atoms with van der Waals surface area (Å²) in [5.41, 5.74) is 1.14. The molecule has 1 amide bonds. The quantitative estimate of drug-likeness (QED) is 0.423. The molecule has 0 bridgehead atoms. The fourth-order valence-corrected chi connectivity index (χ4v) is 1.96. The van der Waals surface area contributed by atoms with Gasteiger partial charge in [-0.15, -0.1) is 0 Å². The van der Waals surface area contributed by atoms with Gasteiger partial charge >= 0.3 is 0 Å². The molecular formula is C16H25ClN4O2. The van der Waals surface area contributed by atoms with Gasteiger partial charge in [-0.1, -0.05) is 23.7 Å². The van der Waals surface area contributed by atoms with Crippen molar-refractivity contribution in [3.63, 3.8) is 0 Å². The van der Waals surface area contributed by atoms with Crippen LogP contribution in [0.5, 0.6) is 0 Å². The number of amides is 1. The van der Waals surface area contributed by atoms with Gasteiger partial charge in [0.15, 0.2) is 5.96 Å². The van der Waals surface area contributed by atoms with Crippen LogP contribution in [0.3, 0.4) is 0 Å². The van der Waals surface area contributed by atoms with Crippen molar-refractivity contribution in [3.05, 3.63) is 34.9 Å². The van der Waals surface area contributed by atoms with Crippen LogP contribution in [0, 0.1) is 0 Å². The van der Waals surface area contributed by atoms with Crippen molar-refractivity contribution in [1.29, 1.82) is 0 Å². The molecule has 0 saturated carbocycles. The van der Waals surface area contributed by atoms with Gasteiger partial charge in [-0.05, 0) is 24.1 Å². The number of likely N-dealkylation sites (N-methyl/N-ethyl adjacent to an activating group) is 1. The Bertz CT molecular complexity index is 521. The summed E-state index contributed by atoms with van der Waals surface area (Å²) in [5, 5.41) is 7.07. The maximum atomic E-state index is 11.6. The lowest BCUT2D eigenvalue weighted by atomic mass is 10.1. The molecule has 0 saturated heterocycles. The summed E-state index contributed by atoms with van der Waals surface area (Å²) in [7, 11) is 5.06. The van der Waals surface area contributed by atoms with Gasteiger partial charge in [-0.25, -0.2) is 4.99 Å². The van der Waals surface area contributed by atoms with E-state index >= 15 is 0 Å². The van der Waals surface area contributed by atoms with E-state index in [-0.39, 0.29) is 12.5 Å². The van der Waals surface area contributed by atoms with Crippen molar-refractivity contribution in [2.75, 3.05) is 47.4 Å². The maximum absolute atomic E-state index is 11.6. The number of rotatable bonds is 8. The molecule has 0 atom stereocenters. The van der Waals surface area contributed by atoms with Crippen LogP contribution in [0.4, 0.5) is 0 Å². The molecular weight excluding hydrogens is 316 g/mol. The van der Waals surface area contributed by atoms with Crippen LogP contribution in [-0.2, 0) is 16.0 Å². The Hall–Kier alpha value is -1.79. The molecule has 23 heavy (non-hydrogen) atoms. The number of benzene rings is 1. The van der Waals surface area contributed by atoms with E-state index in [1.807, 2.05) is 24.3 Å². The first-order valence-corrected chi connectivity index (χ1v) is 7.86. The summed E-state index contributed by atoms with van der Waals surface area (Å²) < 4.78 is 5.01. The Kier molecular flexibility index (Phi) is 9.09. The minimum Gasteiger partial charge on any atom is -0.383 e. The molecule has 2 N–H and O–H groups in total. The molecule has 0 heterocycles. The molecule has 0 aliphatic heterocycles. The lowest BCUT2D eigenvalue weighted by Crippen LogP contribution is -2.40. The summed E-state index contributed by atoms with van der Waals surface area (Å²) in [4.78, 5) is 17.4. The number of halogens is 1. The van der Waals surface area contributed by atoms with Gasteiger partial charge < -0.3 is 20.3 Å². The second-order valence-electron chi connectivity index (χ2n) is 5.18. The van der Waals surface area contributed by atoms with Crippen LogP contribution in [0.2, 0.25) is 5.02 Å². The molecule has 0 unspecified atom stereocenters. The summed E-state index contributed by atoms with van der Waals surface area (Å²) in [6.07, 6.45) is 0.813. The van der Waals surface area contributed by atoms with E-state index in [1.54, 1.807) is 21.2 Å². The molecule has 0 radical (unpaired) electrons. The number of carbonyl (C=O) groups excluding carboxylic acids is 1. The van der Waals surface area contributed by atoms with Gasteiger partial charge in [0.25, 0.3) is 0 Å². The number of aliphatic imine (C=N–C) groups is 1. The number of ether oxygens (including phenoxy) is 1. The van der Waals surface area contributed by atoms with Crippen LogP contribution >= 0.6 is 11.6 Å². The monoisotopic (exact) mass is 340 g/mol. The molecule has 1 rings (SSSR count). The third kappa shape index (κ3) is 8.42. The molecule has 0 fully saturated rings. The van der Waals surface area contributed by atoms with Crippen molar-refractivity contribution in [2.45, 2.75) is 6.42 Å². The van der Waals surface area contributed by atoms with Gasteiger partial charge in [0.05, 0.1) is 6.61 Å². The zero-order valence-electron chi connectivity index (χ0n) is 13.9. The standard InChI is InChI=1S/C16H25ClN4O2/c1-21(2)15(22)12-20-16(19-9-10-23-3)18-8-7-13-5-4-6-14(17)11-13/h4-6,11H,7-10,12H2,1-3H3,(H2,18,19,20). The van der Waals surface area contributed by atoms with Crippen LogP contribution in [0.15, 0.2) is 29.3 Å². The van der Waals surface area contributed by atoms with Crippen LogP contribution in [0.25, 0.3) is 0 Å². The Morgan fingerprint density at radius 2 is 2.04 bits per heavy atom. The second kappa shape index (κ2) is 10.9. The Balaban J connectivity index is 2.50. The number of nitrogens with one attached hydrogen (secondary N) is 2. The first-order chi connectivity index (χ1) is 11.0. The van der Waals surface area contributed by atoms with Gasteiger partial charge in [-0.2, -0.15) is 0 Å². The van der Waals surface area contributed by atoms with Crippen LogP contribution in [0.1, 0.15) is 5.56 Å². The molecule has 1 aromatic carbocycles. The fourth-order valence-electron chi connectivity index (χ4n) is 1.75. The number of guanidine groups is 1. The van der Waals surface area contributed by atoms with E-state index in [0.717, 1.165) is 17.0 Å². The van der Waals surface area contributed by atoms with Gasteiger partial charge in [0, 0.05) is 39.3 Å². The zero-order chi connectivity index (χ0) is 17.1. The average Bonchev–Trinajstić information content (AvgIpc) is 2.51. The molecule has 6 nitrogen and oxygen atoms in total. The van der Waals surface area contributed by atoms with Crippen LogP contribution in [-0.4, -0.2) is 64.2 Å². The number of hydrogen-bond acceptors (Lipinski definition) is 3. The highest BCUT2D eigenvalue weighted by atomic mass is 35.5. The van der Waals surface area contributed by atoms with Gasteiger partial charge in [-0.3, -0.25) is 4.79 Å². The summed E-state index contributed by atoms with van der Waals surface area (Å²) >= 11 is 5.97. The Morgan fingerprint density at radius 3 is 2.70 bits per heavy atom. The molecule has 0 spiro atoms. The summed E-state index contributed by atoms with van der Waals surface area (Å²) in [6, 6.07) is 7.75. The first-order valence-electron chi connectivity index (χ1n) is 7.48. The minimum atomic E-state index is -0.0484.